The first kappa shape index (κ1) is 25.8. The number of aryl methyl sites for hydroxylation is 1. The number of thiazole rings is 1. The van der Waals surface area contributed by atoms with Crippen molar-refractivity contribution >= 4 is 43.2 Å². The maximum atomic E-state index is 12.2. The lowest BCUT2D eigenvalue weighted by atomic mass is 10.0. The lowest BCUT2D eigenvalue weighted by Gasteiger charge is -2.31. The summed E-state index contributed by atoms with van der Waals surface area (Å²) in [6.45, 7) is 4.26. The highest BCUT2D eigenvalue weighted by molar-refractivity contribution is 7.91. The number of anilines is 2. The molecule has 3 atom stereocenters. The number of aliphatic hydroxyl groups excluding tert-OH is 1. The topological polar surface area (TPSA) is 150 Å². The van der Waals surface area contributed by atoms with Crippen LogP contribution in [0.4, 0.5) is 11.8 Å². The zero-order valence-electron chi connectivity index (χ0n) is 21.6. The van der Waals surface area contributed by atoms with Crippen LogP contribution in [-0.2, 0) is 9.84 Å². The molecule has 0 aliphatic heterocycles. The zero-order chi connectivity index (χ0) is 26.7. The molecule has 0 aromatic carbocycles. The van der Waals surface area contributed by atoms with Crippen molar-refractivity contribution in [3.8, 4) is 10.6 Å². The first-order valence-electron chi connectivity index (χ1n) is 13.4. The lowest BCUT2D eigenvalue weighted by molar-refractivity contribution is -0.0442. The number of sulfone groups is 1. The summed E-state index contributed by atoms with van der Waals surface area (Å²) in [6, 6.07) is 1.96. The second-order valence-electron chi connectivity index (χ2n) is 11.0. The quantitative estimate of drug-likeness (QED) is 0.272. The van der Waals surface area contributed by atoms with E-state index in [1.54, 1.807) is 6.92 Å². The van der Waals surface area contributed by atoms with Gasteiger partial charge in [0.15, 0.2) is 5.72 Å². The number of rotatable bonds is 10. The third-order valence-electron chi connectivity index (χ3n) is 7.92. The second kappa shape index (κ2) is 9.65. The minimum Gasteiger partial charge on any atom is -0.388 e. The molecular weight excluding hydrogens is 524 g/mol. The molecule has 12 heteroatoms. The molecule has 38 heavy (non-hydrogen) atoms. The van der Waals surface area contributed by atoms with Crippen molar-refractivity contribution in [3.05, 3.63) is 23.7 Å². The average Bonchev–Trinajstić information content (AvgIpc) is 3.81. The van der Waals surface area contributed by atoms with Crippen LogP contribution in [0.5, 0.6) is 0 Å². The molecule has 0 saturated heterocycles. The summed E-state index contributed by atoms with van der Waals surface area (Å²) in [6.07, 6.45) is 5.75. The van der Waals surface area contributed by atoms with Crippen LogP contribution in [0.25, 0.3) is 20.8 Å². The van der Waals surface area contributed by atoms with Gasteiger partial charge in [-0.05, 0) is 57.4 Å². The Kier molecular flexibility index (Phi) is 6.56. The van der Waals surface area contributed by atoms with E-state index in [0.717, 1.165) is 35.3 Å². The maximum Gasteiger partial charge on any atom is 0.224 e. The fraction of sp³-hybridized carbons (Fsp3) is 0.615. The molecule has 0 bridgehead atoms. The number of hydrogen-bond donors (Lipinski definition) is 4. The van der Waals surface area contributed by atoms with Crippen molar-refractivity contribution in [1.82, 2.24) is 19.9 Å². The third-order valence-corrected chi connectivity index (χ3v) is 10.8. The summed E-state index contributed by atoms with van der Waals surface area (Å²) in [4.78, 5) is 19.0. The number of nitrogens with zero attached hydrogens (tertiary/aromatic N) is 4. The van der Waals surface area contributed by atoms with Crippen molar-refractivity contribution < 1.29 is 18.6 Å². The number of fused-ring (bicyclic) bond motifs is 1. The Labute approximate surface area is 226 Å². The fourth-order valence-electron chi connectivity index (χ4n) is 5.25. The van der Waals surface area contributed by atoms with Crippen LogP contribution in [0.3, 0.4) is 0 Å². The number of nitrogens with one attached hydrogen (secondary N) is 2. The summed E-state index contributed by atoms with van der Waals surface area (Å²) in [7, 11) is -3.30. The van der Waals surface area contributed by atoms with E-state index < -0.39 is 27.6 Å². The van der Waals surface area contributed by atoms with E-state index in [2.05, 4.69) is 15.6 Å². The monoisotopic (exact) mass is 558 g/mol. The van der Waals surface area contributed by atoms with Crippen molar-refractivity contribution in [2.24, 2.45) is 11.8 Å². The van der Waals surface area contributed by atoms with Gasteiger partial charge in [-0.15, -0.1) is 11.3 Å². The van der Waals surface area contributed by atoms with Crippen LogP contribution >= 0.6 is 11.3 Å². The van der Waals surface area contributed by atoms with Crippen molar-refractivity contribution in [2.45, 2.75) is 70.1 Å². The standard InChI is InChI=1S/C26H34N6O4S2/c1-3-38(35,36)13-17-8-10-26(34,22(17)33)32-23-19(14(2)29-25(31-23)28-12-15-4-5-15)24-30-21-18(37-24)9-11-27-20(21)16-6-7-16/h9,11,15-17,22,33-34H,3-8,10,12-13H2,1-2H3,(H2,28,29,31,32). The number of pyridine rings is 1. The Morgan fingerprint density at radius 2 is 1.95 bits per heavy atom. The average molecular weight is 559 g/mol. The molecule has 3 fully saturated rings. The molecule has 3 unspecified atom stereocenters. The number of hydrogen-bond acceptors (Lipinski definition) is 11. The molecule has 0 spiro atoms. The van der Waals surface area contributed by atoms with E-state index in [1.165, 1.54) is 24.2 Å². The molecule has 3 aromatic heterocycles. The Hall–Kier alpha value is -2.41. The van der Waals surface area contributed by atoms with Crippen LogP contribution in [-0.4, -0.2) is 68.4 Å². The van der Waals surface area contributed by atoms with E-state index in [0.29, 0.717) is 46.3 Å². The van der Waals surface area contributed by atoms with Crippen LogP contribution in [0, 0.1) is 18.8 Å². The molecule has 10 nitrogen and oxygen atoms in total. The van der Waals surface area contributed by atoms with Crippen LogP contribution < -0.4 is 10.6 Å². The predicted octanol–water partition coefficient (Wildman–Crippen LogP) is 3.46. The summed E-state index contributed by atoms with van der Waals surface area (Å²) >= 11 is 1.53. The first-order chi connectivity index (χ1) is 18.2. The van der Waals surface area contributed by atoms with Gasteiger partial charge in [-0.3, -0.25) is 4.98 Å². The van der Waals surface area contributed by atoms with Crippen molar-refractivity contribution in [1.29, 1.82) is 0 Å². The largest absolute Gasteiger partial charge is 0.388 e. The van der Waals surface area contributed by atoms with Crippen LogP contribution in [0.2, 0.25) is 0 Å². The Bertz CT molecular complexity index is 1470. The van der Waals surface area contributed by atoms with Gasteiger partial charge in [0, 0.05) is 30.3 Å². The Balaban J connectivity index is 1.37. The maximum absolute atomic E-state index is 12.2. The third kappa shape index (κ3) is 5.11. The molecule has 0 amide bonds. The summed E-state index contributed by atoms with van der Waals surface area (Å²) in [5.74, 6) is 1.17. The van der Waals surface area contributed by atoms with Gasteiger partial charge in [0.05, 0.1) is 27.4 Å². The molecule has 4 N–H and O–H groups in total. The van der Waals surface area contributed by atoms with Crippen molar-refractivity contribution in [3.63, 3.8) is 0 Å². The SMILES string of the molecule is CCS(=O)(=O)CC1CCC(O)(Nc2nc(NCC3CC3)nc(C)c2-c2nc3c(C4CC4)nccc3s2)C1O. The Morgan fingerprint density at radius 3 is 2.66 bits per heavy atom. The minimum absolute atomic E-state index is 0.00264. The molecular formula is C26H34N6O4S2. The van der Waals surface area contributed by atoms with Gasteiger partial charge >= 0.3 is 0 Å². The molecule has 204 valence electrons. The van der Waals surface area contributed by atoms with Gasteiger partial charge in [0.2, 0.25) is 5.95 Å². The first-order valence-corrected chi connectivity index (χ1v) is 16.1. The van der Waals surface area contributed by atoms with Crippen LogP contribution in [0.1, 0.15) is 62.8 Å². The summed E-state index contributed by atoms with van der Waals surface area (Å²) in [5.41, 5.74) is 1.54. The van der Waals surface area contributed by atoms with Gasteiger partial charge in [-0.1, -0.05) is 6.92 Å². The van der Waals surface area contributed by atoms with Gasteiger partial charge in [0.1, 0.15) is 32.3 Å². The van der Waals surface area contributed by atoms with Gasteiger partial charge in [0.25, 0.3) is 0 Å². The normalized spacial score (nSPS) is 25.7. The van der Waals surface area contributed by atoms with E-state index in [1.807, 2.05) is 19.2 Å². The highest BCUT2D eigenvalue weighted by atomic mass is 32.2. The predicted molar refractivity (Wildman–Crippen MR) is 148 cm³/mol. The molecule has 3 heterocycles. The lowest BCUT2D eigenvalue weighted by Crippen LogP contribution is -2.48. The molecule has 3 aromatic rings. The van der Waals surface area contributed by atoms with Gasteiger partial charge in [-0.25, -0.2) is 18.4 Å². The van der Waals surface area contributed by atoms with E-state index in [9.17, 15) is 18.6 Å². The smallest absolute Gasteiger partial charge is 0.224 e. The number of aliphatic hydroxyl groups is 2. The summed E-state index contributed by atoms with van der Waals surface area (Å²) in [5, 5.41) is 29.7. The van der Waals surface area contributed by atoms with Gasteiger partial charge < -0.3 is 20.8 Å². The second-order valence-corrected chi connectivity index (χ2v) is 14.4. The zero-order valence-corrected chi connectivity index (χ0v) is 23.3. The highest BCUT2D eigenvalue weighted by Gasteiger charge is 2.48. The molecule has 3 aliphatic rings. The van der Waals surface area contributed by atoms with Gasteiger partial charge in [-0.2, -0.15) is 4.98 Å². The molecule has 3 saturated carbocycles. The van der Waals surface area contributed by atoms with Crippen molar-refractivity contribution in [2.75, 3.05) is 28.7 Å². The Morgan fingerprint density at radius 1 is 1.16 bits per heavy atom. The fourth-order valence-corrected chi connectivity index (χ4v) is 7.56. The highest BCUT2D eigenvalue weighted by Crippen LogP contribution is 2.45. The van der Waals surface area contributed by atoms with E-state index >= 15 is 0 Å². The molecule has 6 rings (SSSR count). The van der Waals surface area contributed by atoms with E-state index in [4.69, 9.17) is 15.0 Å². The molecule has 0 radical (unpaired) electrons. The minimum atomic E-state index is -3.30. The molecule has 3 aliphatic carbocycles. The number of aromatic nitrogens is 4. The van der Waals surface area contributed by atoms with E-state index in [-0.39, 0.29) is 17.9 Å². The van der Waals surface area contributed by atoms with Crippen LogP contribution in [0.15, 0.2) is 12.3 Å². The summed E-state index contributed by atoms with van der Waals surface area (Å²) < 4.78 is 25.5.